The van der Waals surface area contributed by atoms with Crippen LogP contribution in [0.4, 0.5) is 0 Å². The number of methoxy groups -OCH3 is 2. The van der Waals surface area contributed by atoms with Crippen molar-refractivity contribution in [3.63, 3.8) is 0 Å². The van der Waals surface area contributed by atoms with E-state index in [9.17, 15) is 4.79 Å². The van der Waals surface area contributed by atoms with Gasteiger partial charge in [-0.3, -0.25) is 4.79 Å². The molecule has 2 fully saturated rings. The summed E-state index contributed by atoms with van der Waals surface area (Å²) in [4.78, 5) is 13.5. The van der Waals surface area contributed by atoms with E-state index in [2.05, 4.69) is 56.5 Å². The number of piperidine rings is 1. The minimum absolute atomic E-state index is 0.00250. The number of hydrogen-bond donors (Lipinski definition) is 1. The highest BCUT2D eigenvalue weighted by Crippen LogP contribution is 2.55. The third-order valence-electron chi connectivity index (χ3n) is 9.25. The summed E-state index contributed by atoms with van der Waals surface area (Å²) in [5.74, 6) is 1.49. The first kappa shape index (κ1) is 26.7. The average Bonchev–Trinajstić information content (AvgIpc) is 2.92. The Morgan fingerprint density at radius 2 is 1.82 bits per heavy atom. The number of ether oxygens (including phenoxy) is 2. The summed E-state index contributed by atoms with van der Waals surface area (Å²) in [6.45, 7) is 7.83. The van der Waals surface area contributed by atoms with Crippen LogP contribution >= 0.6 is 0 Å². The maximum Gasteiger partial charge on any atom is 0.251 e. The molecule has 4 atom stereocenters. The molecule has 3 aromatic rings. The number of amides is 1. The van der Waals surface area contributed by atoms with Crippen LogP contribution in [0, 0.1) is 5.92 Å². The van der Waals surface area contributed by atoms with Crippen molar-refractivity contribution in [1.82, 2.24) is 5.32 Å². The van der Waals surface area contributed by atoms with Crippen LogP contribution in [-0.4, -0.2) is 62.9 Å². The molecule has 0 radical (unpaired) electrons. The second kappa shape index (κ2) is 10.3. The fourth-order valence-electron chi connectivity index (χ4n) is 7.64. The molecular formula is C33H43N2O3+. The molecule has 2 aliphatic rings. The molecule has 5 heteroatoms. The maximum absolute atomic E-state index is 13.5. The zero-order chi connectivity index (χ0) is 27.0. The predicted octanol–water partition coefficient (Wildman–Crippen LogP) is 5.96. The fraction of sp³-hybridized carbons (Fsp3) is 0.485. The number of carbonyl (C=O) groups is 1. The lowest BCUT2D eigenvalue weighted by Gasteiger charge is -2.61. The Hall–Kier alpha value is -2.89. The number of benzene rings is 3. The van der Waals surface area contributed by atoms with Crippen molar-refractivity contribution in [3.8, 4) is 5.75 Å². The molecule has 202 valence electrons. The first-order valence-corrected chi connectivity index (χ1v) is 14.0. The maximum atomic E-state index is 13.5. The van der Waals surface area contributed by atoms with E-state index in [4.69, 9.17) is 9.47 Å². The lowest BCUT2D eigenvalue weighted by Crippen LogP contribution is -2.72. The second-order valence-corrected chi connectivity index (χ2v) is 12.3. The minimum Gasteiger partial charge on any atom is -0.497 e. The third-order valence-corrected chi connectivity index (χ3v) is 9.25. The monoisotopic (exact) mass is 515 g/mol. The van der Waals surface area contributed by atoms with E-state index in [0.29, 0.717) is 11.5 Å². The number of hydrogen-bond acceptors (Lipinski definition) is 3. The zero-order valence-corrected chi connectivity index (χ0v) is 23.6. The third kappa shape index (κ3) is 4.83. The minimum atomic E-state index is -0.300. The topological polar surface area (TPSA) is 47.6 Å². The number of likely N-dealkylation sites (N-methyl/N-ethyl adjacent to an activating group) is 1. The van der Waals surface area contributed by atoms with Crippen LogP contribution in [0.25, 0.3) is 10.8 Å². The summed E-state index contributed by atoms with van der Waals surface area (Å²) in [5, 5.41) is 5.65. The quantitative estimate of drug-likeness (QED) is 0.395. The van der Waals surface area contributed by atoms with Crippen molar-refractivity contribution in [2.45, 2.75) is 56.6 Å². The van der Waals surface area contributed by atoms with Gasteiger partial charge in [0.1, 0.15) is 17.9 Å². The summed E-state index contributed by atoms with van der Waals surface area (Å²) in [6, 6.07) is 22.8. The summed E-state index contributed by atoms with van der Waals surface area (Å²) in [5.41, 5.74) is 1.47. The fourth-order valence-corrected chi connectivity index (χ4v) is 7.64. The molecule has 5 rings (SSSR count). The standard InChI is InChI=1S/C33H42N2O3/c1-24(2)22-35(3)18-17-32(28-11-8-12-30(20-28)37-4)21-29(15-16-33(32,23-35)38-5)34-31(36)27-14-13-25-9-6-7-10-26(25)19-27/h6-14,19-20,24,29H,15-18,21-23H2,1-5H3/p+1/t29-,32-,33?,35+/m1/s1. The number of nitrogens with zero attached hydrogens (tertiary/aromatic N) is 1. The Labute approximate surface area is 227 Å². The van der Waals surface area contributed by atoms with Gasteiger partial charge in [0.2, 0.25) is 0 Å². The van der Waals surface area contributed by atoms with Crippen molar-refractivity contribution >= 4 is 16.7 Å². The molecular weight excluding hydrogens is 472 g/mol. The van der Waals surface area contributed by atoms with E-state index < -0.39 is 0 Å². The Kier molecular flexibility index (Phi) is 7.27. The molecule has 3 aromatic carbocycles. The van der Waals surface area contributed by atoms with Gasteiger partial charge in [0.15, 0.2) is 0 Å². The summed E-state index contributed by atoms with van der Waals surface area (Å²) in [6.07, 6.45) is 3.68. The van der Waals surface area contributed by atoms with Gasteiger partial charge in [0, 0.05) is 36.5 Å². The van der Waals surface area contributed by atoms with E-state index in [-0.39, 0.29) is 23.0 Å². The van der Waals surface area contributed by atoms with Gasteiger partial charge in [-0.2, -0.15) is 0 Å². The summed E-state index contributed by atoms with van der Waals surface area (Å²) < 4.78 is 13.3. The number of nitrogens with one attached hydrogen (secondary N) is 1. The highest BCUT2D eigenvalue weighted by Gasteiger charge is 2.62. The molecule has 1 aliphatic carbocycles. The Morgan fingerprint density at radius 1 is 1.03 bits per heavy atom. The van der Waals surface area contributed by atoms with E-state index in [0.717, 1.165) is 66.3 Å². The van der Waals surface area contributed by atoms with Crippen LogP contribution in [-0.2, 0) is 10.2 Å². The van der Waals surface area contributed by atoms with Gasteiger partial charge in [-0.15, -0.1) is 0 Å². The van der Waals surface area contributed by atoms with Gasteiger partial charge >= 0.3 is 0 Å². The summed E-state index contributed by atoms with van der Waals surface area (Å²) >= 11 is 0. The van der Waals surface area contributed by atoms with E-state index in [1.165, 1.54) is 5.56 Å². The van der Waals surface area contributed by atoms with Crippen LogP contribution in [0.2, 0.25) is 0 Å². The molecule has 38 heavy (non-hydrogen) atoms. The Morgan fingerprint density at radius 3 is 2.55 bits per heavy atom. The SMILES string of the molecule is COc1cccc([C@]23CC[N@@+](C)(CC(C)C)CC2(OC)CC[C@@H](NC(=O)c2ccc4ccccc4c2)C3)c1. The van der Waals surface area contributed by atoms with Gasteiger partial charge in [-0.05, 0) is 59.9 Å². The molecule has 1 saturated carbocycles. The van der Waals surface area contributed by atoms with Crippen molar-refractivity contribution in [3.05, 3.63) is 77.9 Å². The number of rotatable bonds is 7. The highest BCUT2D eigenvalue weighted by molar-refractivity contribution is 5.98. The molecule has 0 bridgehead atoms. The molecule has 1 heterocycles. The summed E-state index contributed by atoms with van der Waals surface area (Å²) in [7, 11) is 6.02. The number of fused-ring (bicyclic) bond motifs is 2. The van der Waals surface area contributed by atoms with E-state index in [1.54, 1.807) is 7.11 Å². The van der Waals surface area contributed by atoms with Gasteiger partial charge in [-0.25, -0.2) is 0 Å². The van der Waals surface area contributed by atoms with Crippen LogP contribution < -0.4 is 10.1 Å². The Balaban J connectivity index is 1.47. The van der Waals surface area contributed by atoms with Crippen molar-refractivity contribution in [2.75, 3.05) is 40.9 Å². The normalized spacial score (nSPS) is 29.2. The first-order chi connectivity index (χ1) is 18.2. The molecule has 1 unspecified atom stereocenters. The van der Waals surface area contributed by atoms with Gasteiger partial charge < -0.3 is 19.3 Å². The average molecular weight is 516 g/mol. The molecule has 1 saturated heterocycles. The predicted molar refractivity (Wildman–Crippen MR) is 154 cm³/mol. The number of carbonyl (C=O) groups excluding carboxylic acids is 1. The molecule has 1 aliphatic heterocycles. The Bertz CT molecular complexity index is 1310. The van der Waals surface area contributed by atoms with Crippen molar-refractivity contribution in [1.29, 1.82) is 0 Å². The lowest BCUT2D eigenvalue weighted by molar-refractivity contribution is -0.926. The first-order valence-electron chi connectivity index (χ1n) is 14.0. The number of likely N-dealkylation sites (tertiary alicyclic amines) is 1. The zero-order valence-electron chi connectivity index (χ0n) is 23.6. The van der Waals surface area contributed by atoms with Crippen molar-refractivity contribution < 1.29 is 18.8 Å². The van der Waals surface area contributed by atoms with Gasteiger partial charge in [0.05, 0.1) is 27.2 Å². The molecule has 1 N–H and O–H groups in total. The van der Waals surface area contributed by atoms with E-state index >= 15 is 0 Å². The van der Waals surface area contributed by atoms with Gasteiger partial charge in [-0.1, -0.05) is 56.3 Å². The van der Waals surface area contributed by atoms with Crippen LogP contribution in [0.3, 0.4) is 0 Å². The molecule has 0 aromatic heterocycles. The lowest BCUT2D eigenvalue weighted by atomic mass is 9.54. The smallest absolute Gasteiger partial charge is 0.251 e. The molecule has 0 spiro atoms. The van der Waals surface area contributed by atoms with E-state index in [1.807, 2.05) is 43.5 Å². The van der Waals surface area contributed by atoms with Crippen LogP contribution in [0.5, 0.6) is 5.75 Å². The molecule has 5 nitrogen and oxygen atoms in total. The number of quaternary nitrogens is 1. The van der Waals surface area contributed by atoms with Crippen LogP contribution in [0.1, 0.15) is 55.5 Å². The van der Waals surface area contributed by atoms with Crippen molar-refractivity contribution in [2.24, 2.45) is 5.92 Å². The molecule has 1 amide bonds. The van der Waals surface area contributed by atoms with Crippen LogP contribution in [0.15, 0.2) is 66.7 Å². The van der Waals surface area contributed by atoms with Gasteiger partial charge in [0.25, 0.3) is 5.91 Å². The second-order valence-electron chi connectivity index (χ2n) is 12.3. The highest BCUT2D eigenvalue weighted by atomic mass is 16.5. The largest absolute Gasteiger partial charge is 0.497 e.